The molecule has 0 radical (unpaired) electrons. The van der Waals surface area contributed by atoms with E-state index >= 15 is 0 Å². The van der Waals surface area contributed by atoms with Gasteiger partial charge in [-0.25, -0.2) is 17.5 Å². The second-order valence-electron chi connectivity index (χ2n) is 12.4. The lowest BCUT2D eigenvalue weighted by Crippen LogP contribution is -2.22. The third-order valence-electron chi connectivity index (χ3n) is 7.24. The summed E-state index contributed by atoms with van der Waals surface area (Å²) in [6, 6.07) is 11.5. The number of alkyl halides is 2. The van der Waals surface area contributed by atoms with E-state index in [1.165, 1.54) is 51.8 Å². The number of carboxylic acid groups (broad SMARTS) is 1. The summed E-state index contributed by atoms with van der Waals surface area (Å²) in [5, 5.41) is 20.9. The summed E-state index contributed by atoms with van der Waals surface area (Å²) in [7, 11) is -6.58. The normalized spacial score (nSPS) is 12.6. The van der Waals surface area contributed by atoms with Gasteiger partial charge < -0.3 is 25.6 Å². The molecule has 0 bridgehead atoms. The standard InChI is InChI=1S/C31H38F3N7O7SSi/c1-19(20-5-8-22(32)9-6-20)48-24-17-21(7-10-23(24)39-49(45,46)31(33)34)28-27(29(35)44)30(41(38-28)18-47-15-16-50(2,3)4)36-25-11-13-40(37-25)14-12-26(42)43/h5-11,13,17,19,31,39H,12,14-16,18H2,1-4H3,(H2,35,44)(H,36,37)(H,42,43)/t19-/m0/s1. The van der Waals surface area contributed by atoms with Crippen LogP contribution in [0.25, 0.3) is 11.3 Å². The van der Waals surface area contributed by atoms with Crippen LogP contribution in [0.1, 0.15) is 35.4 Å². The maximum absolute atomic E-state index is 13.6. The molecule has 0 saturated heterocycles. The number of aryl methyl sites for hydroxylation is 1. The van der Waals surface area contributed by atoms with Gasteiger partial charge in [0.25, 0.3) is 15.9 Å². The first-order valence-electron chi connectivity index (χ1n) is 15.3. The Morgan fingerprint density at radius 2 is 1.78 bits per heavy atom. The summed E-state index contributed by atoms with van der Waals surface area (Å²) in [6.07, 6.45) is 0.558. The highest BCUT2D eigenvalue weighted by atomic mass is 32.2. The first-order chi connectivity index (χ1) is 23.4. The highest BCUT2D eigenvalue weighted by Crippen LogP contribution is 2.38. The van der Waals surface area contributed by atoms with Crippen LogP contribution >= 0.6 is 0 Å². The van der Waals surface area contributed by atoms with E-state index < -0.39 is 47.7 Å². The SMILES string of the molecule is C[C@H](Oc1cc(-c2nn(COCC[Si](C)(C)C)c(Nc3ccn(CCC(=O)O)n3)c2C(N)=O)ccc1NS(=O)(=O)C(F)F)c1ccc(F)cc1. The lowest BCUT2D eigenvalue weighted by molar-refractivity contribution is -0.137. The van der Waals surface area contributed by atoms with E-state index in [1.807, 2.05) is 4.72 Å². The fraction of sp³-hybridized carbons (Fsp3) is 0.355. The summed E-state index contributed by atoms with van der Waals surface area (Å²) >= 11 is 0. The van der Waals surface area contributed by atoms with Gasteiger partial charge in [0, 0.05) is 32.5 Å². The number of amides is 1. The molecule has 0 aliphatic rings. The lowest BCUT2D eigenvalue weighted by Gasteiger charge is -2.19. The number of carbonyl (C=O) groups is 2. The monoisotopic (exact) mass is 737 g/mol. The van der Waals surface area contributed by atoms with Crippen LogP contribution in [0.4, 0.5) is 30.5 Å². The molecule has 4 rings (SSSR count). The maximum atomic E-state index is 13.6. The fourth-order valence-electron chi connectivity index (χ4n) is 4.57. The number of aromatic nitrogens is 4. The van der Waals surface area contributed by atoms with Crippen molar-refractivity contribution in [3.05, 3.63) is 71.7 Å². The third-order valence-corrected chi connectivity index (χ3v) is 9.91. The highest BCUT2D eigenvalue weighted by Gasteiger charge is 2.28. The van der Waals surface area contributed by atoms with Gasteiger partial charge in [0.2, 0.25) is 0 Å². The Labute approximate surface area is 287 Å². The number of nitrogens with two attached hydrogens (primary N) is 1. The molecule has 0 fully saturated rings. The number of ether oxygens (including phenoxy) is 2. The van der Waals surface area contributed by atoms with Crippen LogP contribution in [0.2, 0.25) is 25.7 Å². The number of nitrogens with zero attached hydrogens (tertiary/aromatic N) is 4. The topological polar surface area (TPSA) is 193 Å². The molecule has 14 nitrogen and oxygen atoms in total. The Bertz CT molecular complexity index is 1930. The second kappa shape index (κ2) is 15.8. The van der Waals surface area contributed by atoms with Gasteiger partial charge in [0.1, 0.15) is 41.5 Å². The Hall–Kier alpha value is -4.88. The smallest absolute Gasteiger partial charge is 0.355 e. The van der Waals surface area contributed by atoms with Crippen LogP contribution in [-0.4, -0.2) is 65.4 Å². The molecule has 1 atom stereocenters. The zero-order chi connectivity index (χ0) is 36.8. The molecule has 0 saturated carbocycles. The van der Waals surface area contributed by atoms with Crippen molar-refractivity contribution in [3.8, 4) is 17.0 Å². The number of carboxylic acids is 1. The van der Waals surface area contributed by atoms with E-state index in [9.17, 15) is 31.2 Å². The van der Waals surface area contributed by atoms with Gasteiger partial charge in [-0.2, -0.15) is 19.0 Å². The van der Waals surface area contributed by atoms with Crippen molar-refractivity contribution in [2.75, 3.05) is 16.6 Å². The Morgan fingerprint density at radius 1 is 1.08 bits per heavy atom. The van der Waals surface area contributed by atoms with Crippen LogP contribution in [-0.2, 0) is 32.8 Å². The molecule has 19 heteroatoms. The van der Waals surface area contributed by atoms with Crippen LogP contribution in [0.5, 0.6) is 5.75 Å². The third kappa shape index (κ3) is 10.1. The predicted molar refractivity (Wildman–Crippen MR) is 182 cm³/mol. The molecular formula is C31H38F3N7O7SSi. The van der Waals surface area contributed by atoms with Crippen molar-refractivity contribution >= 4 is 47.3 Å². The quantitative estimate of drug-likeness (QED) is 0.0736. The average Bonchev–Trinajstić information content (AvgIpc) is 3.63. The van der Waals surface area contributed by atoms with Crippen molar-refractivity contribution in [2.45, 2.75) is 64.2 Å². The van der Waals surface area contributed by atoms with Crippen molar-refractivity contribution in [3.63, 3.8) is 0 Å². The van der Waals surface area contributed by atoms with Gasteiger partial charge in [-0.15, -0.1) is 0 Å². The molecule has 4 aromatic rings. The molecule has 1 amide bonds. The number of benzene rings is 2. The number of sulfonamides is 1. The van der Waals surface area contributed by atoms with Gasteiger partial charge in [-0.1, -0.05) is 37.8 Å². The predicted octanol–water partition coefficient (Wildman–Crippen LogP) is 5.62. The minimum Gasteiger partial charge on any atom is -0.484 e. The maximum Gasteiger partial charge on any atom is 0.355 e. The molecule has 5 N–H and O–H groups in total. The first-order valence-corrected chi connectivity index (χ1v) is 20.6. The lowest BCUT2D eigenvalue weighted by atomic mass is 10.1. The van der Waals surface area contributed by atoms with Crippen molar-refractivity contribution in [2.24, 2.45) is 5.73 Å². The number of nitrogens with one attached hydrogen (secondary N) is 2. The minimum absolute atomic E-state index is 0.0154. The van der Waals surface area contributed by atoms with Crippen LogP contribution in [0.3, 0.4) is 0 Å². The number of hydrogen-bond acceptors (Lipinski definition) is 9. The largest absolute Gasteiger partial charge is 0.484 e. The van der Waals surface area contributed by atoms with Gasteiger partial charge in [-0.3, -0.25) is 19.0 Å². The molecule has 0 spiro atoms. The number of rotatable bonds is 18. The molecule has 2 aromatic carbocycles. The first kappa shape index (κ1) is 37.9. The van der Waals surface area contributed by atoms with Gasteiger partial charge in [0.05, 0.1) is 18.7 Å². The molecule has 2 aromatic heterocycles. The van der Waals surface area contributed by atoms with Crippen molar-refractivity contribution in [1.29, 1.82) is 0 Å². The Balaban J connectivity index is 1.80. The Kier molecular flexibility index (Phi) is 12.0. The van der Waals surface area contributed by atoms with Crippen LogP contribution < -0.4 is 20.5 Å². The van der Waals surface area contributed by atoms with Gasteiger partial charge >= 0.3 is 11.7 Å². The van der Waals surface area contributed by atoms with E-state index in [4.69, 9.17) is 20.3 Å². The van der Waals surface area contributed by atoms with Crippen LogP contribution in [0, 0.1) is 5.82 Å². The molecule has 2 heterocycles. The second-order valence-corrected chi connectivity index (χ2v) is 19.7. The summed E-state index contributed by atoms with van der Waals surface area (Å²) < 4.78 is 81.0. The van der Waals surface area contributed by atoms with E-state index in [2.05, 4.69) is 35.2 Å². The number of halogens is 3. The van der Waals surface area contributed by atoms with E-state index in [-0.39, 0.29) is 59.6 Å². The molecule has 270 valence electrons. The zero-order valence-corrected chi connectivity index (χ0v) is 29.5. The molecule has 0 aliphatic heterocycles. The van der Waals surface area contributed by atoms with Gasteiger partial charge in [-0.05, 0) is 42.8 Å². The number of anilines is 3. The summed E-state index contributed by atoms with van der Waals surface area (Å²) in [4.78, 5) is 24.1. The molecule has 50 heavy (non-hydrogen) atoms. The Morgan fingerprint density at radius 3 is 2.40 bits per heavy atom. The highest BCUT2D eigenvalue weighted by molar-refractivity contribution is 7.93. The summed E-state index contributed by atoms with van der Waals surface area (Å²) in [6.45, 7) is 8.51. The zero-order valence-electron chi connectivity index (χ0n) is 27.7. The molecule has 0 aliphatic carbocycles. The number of aliphatic carboxylic acids is 1. The average molecular weight is 738 g/mol. The van der Waals surface area contributed by atoms with E-state index in [1.54, 1.807) is 19.2 Å². The number of primary amides is 1. The van der Waals surface area contributed by atoms with Crippen LogP contribution in [0.15, 0.2) is 54.7 Å². The minimum atomic E-state index is -5.12. The summed E-state index contributed by atoms with van der Waals surface area (Å²) in [5.41, 5.74) is 6.13. The van der Waals surface area contributed by atoms with E-state index in [0.29, 0.717) is 12.2 Å². The number of hydrogen-bond donors (Lipinski definition) is 4. The van der Waals surface area contributed by atoms with E-state index in [0.717, 1.165) is 6.04 Å². The molecular weight excluding hydrogens is 700 g/mol. The molecule has 0 unspecified atom stereocenters. The van der Waals surface area contributed by atoms with Gasteiger partial charge in [0.15, 0.2) is 5.82 Å². The number of carbonyl (C=O) groups excluding carboxylic acids is 1. The van der Waals surface area contributed by atoms with Crippen molar-refractivity contribution < 1.29 is 45.8 Å². The van der Waals surface area contributed by atoms with Crippen molar-refractivity contribution in [1.82, 2.24) is 19.6 Å². The fourth-order valence-corrected chi connectivity index (χ4v) is 5.89. The summed E-state index contributed by atoms with van der Waals surface area (Å²) in [5.74, 6) is -6.03.